The molecule has 3 heterocycles. The van der Waals surface area contributed by atoms with E-state index in [1.807, 2.05) is 14.0 Å². The summed E-state index contributed by atoms with van der Waals surface area (Å²) in [6.07, 6.45) is 2.90. The molecular weight excluding hydrogens is 310 g/mol. The van der Waals surface area contributed by atoms with Crippen molar-refractivity contribution >= 4 is 27.4 Å². The van der Waals surface area contributed by atoms with E-state index in [4.69, 9.17) is 4.74 Å². The van der Waals surface area contributed by atoms with E-state index in [1.54, 1.807) is 4.90 Å². The molecule has 3 rings (SSSR count). The highest BCUT2D eigenvalue weighted by Gasteiger charge is 2.33. The van der Waals surface area contributed by atoms with Gasteiger partial charge in [0.25, 0.3) is 0 Å². The molecule has 0 bridgehead atoms. The monoisotopic (exact) mass is 325 g/mol. The first-order valence-corrected chi connectivity index (χ1v) is 7.17. The Morgan fingerprint density at radius 3 is 3.00 bits per heavy atom. The van der Waals surface area contributed by atoms with Crippen LogP contribution in [0.3, 0.4) is 0 Å². The smallest absolute Gasteiger partial charge is 0.245 e. The molecule has 1 aromatic heterocycles. The van der Waals surface area contributed by atoms with Gasteiger partial charge in [0.1, 0.15) is 16.5 Å². The number of amides is 1. The van der Waals surface area contributed by atoms with Crippen LogP contribution in [0.25, 0.3) is 5.57 Å². The van der Waals surface area contributed by atoms with Crippen molar-refractivity contribution in [1.29, 1.82) is 0 Å². The summed E-state index contributed by atoms with van der Waals surface area (Å²) in [6.45, 7) is 3.87. The fourth-order valence-corrected chi connectivity index (χ4v) is 3.17. The second-order valence-corrected chi connectivity index (χ2v) is 5.72. The van der Waals surface area contributed by atoms with E-state index in [0.29, 0.717) is 19.8 Å². The van der Waals surface area contributed by atoms with E-state index in [0.717, 1.165) is 22.5 Å². The highest BCUT2D eigenvalue weighted by atomic mass is 79.9. The maximum absolute atomic E-state index is 12.1. The average molecular weight is 326 g/mol. The molecule has 0 aromatic carbocycles. The van der Waals surface area contributed by atoms with Crippen molar-refractivity contribution in [1.82, 2.24) is 14.5 Å². The molecule has 0 N–H and O–H groups in total. The van der Waals surface area contributed by atoms with Gasteiger partial charge in [0.05, 0.1) is 25.5 Å². The minimum Gasteiger partial charge on any atom is -0.377 e. The van der Waals surface area contributed by atoms with Gasteiger partial charge in [0, 0.05) is 7.05 Å². The summed E-state index contributed by atoms with van der Waals surface area (Å²) in [6, 6.07) is -0.203. The summed E-state index contributed by atoms with van der Waals surface area (Å²) in [4.78, 5) is 18.5. The molecule has 1 aromatic rings. The number of carbonyl (C=O) groups excluding carboxylic acids is 1. The Kier molecular flexibility index (Phi) is 3.22. The number of aromatic nitrogens is 2. The molecule has 5 nitrogen and oxygen atoms in total. The van der Waals surface area contributed by atoms with Gasteiger partial charge in [-0.15, -0.1) is 0 Å². The lowest BCUT2D eigenvalue weighted by Gasteiger charge is -2.31. The van der Waals surface area contributed by atoms with Crippen LogP contribution < -0.4 is 0 Å². The van der Waals surface area contributed by atoms with E-state index in [1.165, 1.54) is 5.57 Å². The Morgan fingerprint density at radius 2 is 2.32 bits per heavy atom. The number of hydrogen-bond donors (Lipinski definition) is 0. The number of likely N-dealkylation sites (N-methyl/N-ethyl adjacent to an activating group) is 1. The van der Waals surface area contributed by atoms with Gasteiger partial charge in [-0.2, -0.15) is 0 Å². The zero-order valence-electron chi connectivity index (χ0n) is 11.0. The van der Waals surface area contributed by atoms with Gasteiger partial charge in [-0.1, -0.05) is 6.08 Å². The van der Waals surface area contributed by atoms with Crippen molar-refractivity contribution in [3.8, 4) is 0 Å². The Hall–Kier alpha value is -1.14. The van der Waals surface area contributed by atoms with Crippen LogP contribution in [0.15, 0.2) is 10.7 Å². The maximum atomic E-state index is 12.1. The second-order valence-electron chi connectivity index (χ2n) is 4.97. The summed E-state index contributed by atoms with van der Waals surface area (Å²) in [5, 5.41) is 0. The zero-order valence-corrected chi connectivity index (χ0v) is 12.6. The first kappa shape index (κ1) is 12.9. The van der Waals surface area contributed by atoms with Crippen molar-refractivity contribution in [2.24, 2.45) is 0 Å². The largest absolute Gasteiger partial charge is 0.377 e. The third kappa shape index (κ3) is 2.03. The Bertz CT molecular complexity index is 564. The van der Waals surface area contributed by atoms with Gasteiger partial charge >= 0.3 is 0 Å². The molecule has 0 fully saturated rings. The van der Waals surface area contributed by atoms with Crippen molar-refractivity contribution < 1.29 is 9.53 Å². The van der Waals surface area contributed by atoms with Crippen molar-refractivity contribution in [3.05, 3.63) is 22.2 Å². The van der Waals surface area contributed by atoms with Crippen LogP contribution in [-0.4, -0.2) is 40.6 Å². The third-order valence-corrected chi connectivity index (χ3v) is 4.35. The van der Waals surface area contributed by atoms with E-state index in [9.17, 15) is 4.79 Å². The maximum Gasteiger partial charge on any atom is 0.245 e. The molecule has 102 valence electrons. The van der Waals surface area contributed by atoms with Crippen molar-refractivity contribution in [3.63, 3.8) is 0 Å². The Labute approximate surface area is 120 Å². The molecule has 1 unspecified atom stereocenters. The summed E-state index contributed by atoms with van der Waals surface area (Å²) in [7, 11) is 1.83. The summed E-state index contributed by atoms with van der Waals surface area (Å²) in [5.41, 5.74) is 2.24. The van der Waals surface area contributed by atoms with Crippen LogP contribution in [0.2, 0.25) is 0 Å². The molecule has 2 aliphatic rings. The minimum atomic E-state index is -0.203. The van der Waals surface area contributed by atoms with Crippen LogP contribution in [0.4, 0.5) is 0 Å². The molecule has 1 atom stereocenters. The van der Waals surface area contributed by atoms with Gasteiger partial charge in [-0.05, 0) is 34.8 Å². The number of carbonyl (C=O) groups is 1. The number of hydrogen-bond acceptors (Lipinski definition) is 3. The topological polar surface area (TPSA) is 47.4 Å². The summed E-state index contributed by atoms with van der Waals surface area (Å²) >= 11 is 3.52. The van der Waals surface area contributed by atoms with Crippen LogP contribution in [-0.2, 0) is 16.1 Å². The Morgan fingerprint density at radius 1 is 1.53 bits per heavy atom. The van der Waals surface area contributed by atoms with Crippen molar-refractivity contribution in [2.45, 2.75) is 25.9 Å². The van der Waals surface area contributed by atoms with E-state index in [2.05, 4.69) is 31.6 Å². The molecule has 0 aliphatic carbocycles. The van der Waals surface area contributed by atoms with Gasteiger partial charge < -0.3 is 14.2 Å². The normalized spacial score (nSPS) is 23.3. The highest BCUT2D eigenvalue weighted by molar-refractivity contribution is 9.10. The van der Waals surface area contributed by atoms with Gasteiger partial charge in [0.2, 0.25) is 5.91 Å². The molecule has 0 saturated heterocycles. The van der Waals surface area contributed by atoms with Crippen LogP contribution in [0.1, 0.15) is 30.9 Å². The standard InChI is InChI=1S/C13H16BrN3O2/c1-8-13(18)16(2)7-10-11(14)15-12(17(8)10)9-3-5-19-6-4-9/h3,8H,4-7H2,1-2H3. The number of rotatable bonds is 1. The van der Waals surface area contributed by atoms with Crippen LogP contribution in [0.5, 0.6) is 0 Å². The van der Waals surface area contributed by atoms with Gasteiger partial charge in [-0.3, -0.25) is 4.79 Å². The Balaban J connectivity index is 2.11. The van der Waals surface area contributed by atoms with Gasteiger partial charge in [-0.25, -0.2) is 4.98 Å². The number of halogens is 1. The number of ether oxygens (including phenoxy) is 1. The lowest BCUT2D eigenvalue weighted by Crippen LogP contribution is -2.39. The predicted molar refractivity (Wildman–Crippen MR) is 74.5 cm³/mol. The van der Waals surface area contributed by atoms with Gasteiger partial charge in [0.15, 0.2) is 0 Å². The summed E-state index contributed by atoms with van der Waals surface area (Å²) < 4.78 is 8.23. The molecule has 0 spiro atoms. The SMILES string of the molecule is CC1C(=O)N(C)Cc2c(Br)nc(C3=CCOCC3)n21. The zero-order chi connectivity index (χ0) is 13.6. The fraction of sp³-hybridized carbons (Fsp3) is 0.538. The van der Waals surface area contributed by atoms with E-state index < -0.39 is 0 Å². The van der Waals surface area contributed by atoms with E-state index >= 15 is 0 Å². The third-order valence-electron chi connectivity index (χ3n) is 3.72. The fourth-order valence-electron chi connectivity index (χ4n) is 2.69. The van der Waals surface area contributed by atoms with Crippen LogP contribution >= 0.6 is 15.9 Å². The van der Waals surface area contributed by atoms with Crippen molar-refractivity contribution in [2.75, 3.05) is 20.3 Å². The number of fused-ring (bicyclic) bond motifs is 1. The molecule has 19 heavy (non-hydrogen) atoms. The molecule has 1 amide bonds. The predicted octanol–water partition coefficient (Wildman–Crippen LogP) is 1.98. The average Bonchev–Trinajstić information content (AvgIpc) is 2.75. The lowest BCUT2D eigenvalue weighted by atomic mass is 10.1. The number of imidazole rings is 1. The first-order valence-electron chi connectivity index (χ1n) is 6.38. The van der Waals surface area contributed by atoms with E-state index in [-0.39, 0.29) is 11.9 Å². The molecule has 6 heteroatoms. The molecular formula is C13H16BrN3O2. The first-order chi connectivity index (χ1) is 9.09. The molecule has 0 radical (unpaired) electrons. The molecule has 2 aliphatic heterocycles. The quantitative estimate of drug-likeness (QED) is 0.793. The lowest BCUT2D eigenvalue weighted by molar-refractivity contribution is -0.135. The number of nitrogens with zero attached hydrogens (tertiary/aromatic N) is 3. The van der Waals surface area contributed by atoms with Crippen LogP contribution in [0, 0.1) is 0 Å². The minimum absolute atomic E-state index is 0.131. The summed E-state index contributed by atoms with van der Waals surface area (Å²) in [5.74, 6) is 1.03. The second kappa shape index (κ2) is 4.76. The highest BCUT2D eigenvalue weighted by Crippen LogP contribution is 2.33. The molecule has 0 saturated carbocycles.